The maximum absolute atomic E-state index is 11.4. The van der Waals surface area contributed by atoms with Gasteiger partial charge in [-0.3, -0.25) is 0 Å². The summed E-state index contributed by atoms with van der Waals surface area (Å²) in [5, 5.41) is 8.97. The number of carbonyl (C=O) groups excluding carboxylic acids is 1. The molecule has 1 rings (SSSR count). The first-order chi connectivity index (χ1) is 8.09. The molecule has 1 aromatic rings. The van der Waals surface area contributed by atoms with Crippen LogP contribution in [0, 0.1) is 0 Å². The lowest BCUT2D eigenvalue weighted by Gasteiger charge is -2.05. The fraction of sp³-hybridized carbons (Fsp3) is 0.214. The van der Waals surface area contributed by atoms with Gasteiger partial charge in [0.25, 0.3) is 0 Å². The third-order valence-electron chi connectivity index (χ3n) is 1.99. The molecule has 0 heterocycles. The zero-order valence-electron chi connectivity index (χ0n) is 9.80. The normalized spacial score (nSPS) is 12.4. The van der Waals surface area contributed by atoms with Crippen molar-refractivity contribution in [2.45, 2.75) is 13.0 Å². The summed E-state index contributed by atoms with van der Waals surface area (Å²) >= 11 is 0. The summed E-state index contributed by atoms with van der Waals surface area (Å²) in [5.41, 5.74) is 1.24. The zero-order chi connectivity index (χ0) is 12.7. The number of esters is 1. The Morgan fingerprint density at radius 2 is 2.12 bits per heavy atom. The van der Waals surface area contributed by atoms with Crippen LogP contribution in [-0.2, 0) is 9.53 Å². The van der Waals surface area contributed by atoms with Crippen LogP contribution in [0.25, 0.3) is 6.08 Å². The molecular formula is C14H16O3. The molecule has 0 spiro atoms. The summed E-state index contributed by atoms with van der Waals surface area (Å²) in [4.78, 5) is 11.4. The predicted molar refractivity (Wildman–Crippen MR) is 67.3 cm³/mol. The first-order valence-electron chi connectivity index (χ1n) is 5.37. The molecule has 0 aliphatic carbocycles. The molecule has 1 aromatic carbocycles. The van der Waals surface area contributed by atoms with Crippen LogP contribution in [0.3, 0.4) is 0 Å². The molecule has 17 heavy (non-hydrogen) atoms. The molecule has 0 fully saturated rings. The minimum Gasteiger partial charge on any atom is -0.459 e. The summed E-state index contributed by atoms with van der Waals surface area (Å²) in [6.45, 7) is 5.14. The van der Waals surface area contributed by atoms with E-state index in [1.54, 1.807) is 19.1 Å². The van der Waals surface area contributed by atoms with Gasteiger partial charge in [0.05, 0.1) is 11.7 Å². The van der Waals surface area contributed by atoms with E-state index in [0.717, 1.165) is 5.56 Å². The van der Waals surface area contributed by atoms with Crippen molar-refractivity contribution in [1.29, 1.82) is 0 Å². The lowest BCUT2D eigenvalue weighted by molar-refractivity contribution is -0.141. The molecular weight excluding hydrogens is 216 g/mol. The summed E-state index contributed by atoms with van der Waals surface area (Å²) in [6.07, 6.45) is 2.72. The van der Waals surface area contributed by atoms with Crippen LogP contribution in [0.4, 0.5) is 0 Å². The standard InChI is InChI=1S/C14H16O3/c1-11(14(16)17-10-12(2)15)8-9-13-6-4-3-5-7-13/h3-9,12,15H,1,10H2,2H3. The van der Waals surface area contributed by atoms with Crippen molar-refractivity contribution in [3.8, 4) is 0 Å². The Morgan fingerprint density at radius 3 is 2.71 bits per heavy atom. The number of ether oxygens (including phenoxy) is 1. The van der Waals surface area contributed by atoms with E-state index in [2.05, 4.69) is 6.58 Å². The van der Waals surface area contributed by atoms with Crippen molar-refractivity contribution in [3.63, 3.8) is 0 Å². The first-order valence-corrected chi connectivity index (χ1v) is 5.37. The number of carbonyl (C=O) groups is 1. The van der Waals surface area contributed by atoms with Gasteiger partial charge in [0, 0.05) is 0 Å². The Labute approximate surface area is 101 Å². The van der Waals surface area contributed by atoms with Gasteiger partial charge in [0.15, 0.2) is 0 Å². The van der Waals surface area contributed by atoms with E-state index in [4.69, 9.17) is 9.84 Å². The van der Waals surface area contributed by atoms with Crippen LogP contribution in [0.5, 0.6) is 0 Å². The van der Waals surface area contributed by atoms with Gasteiger partial charge < -0.3 is 9.84 Å². The van der Waals surface area contributed by atoms with Gasteiger partial charge in [-0.15, -0.1) is 0 Å². The van der Waals surface area contributed by atoms with Crippen molar-refractivity contribution in [2.75, 3.05) is 6.61 Å². The van der Waals surface area contributed by atoms with E-state index in [-0.39, 0.29) is 12.2 Å². The van der Waals surface area contributed by atoms with Gasteiger partial charge in [0.1, 0.15) is 6.61 Å². The van der Waals surface area contributed by atoms with Crippen molar-refractivity contribution in [3.05, 3.63) is 54.1 Å². The predicted octanol–water partition coefficient (Wildman–Crippen LogP) is 2.18. The van der Waals surface area contributed by atoms with Crippen LogP contribution >= 0.6 is 0 Å². The average molecular weight is 232 g/mol. The quantitative estimate of drug-likeness (QED) is 0.481. The molecule has 0 aliphatic rings. The highest BCUT2D eigenvalue weighted by Crippen LogP contribution is 2.05. The van der Waals surface area contributed by atoms with E-state index in [0.29, 0.717) is 0 Å². The third kappa shape index (κ3) is 5.13. The Balaban J connectivity index is 2.49. The molecule has 3 nitrogen and oxygen atoms in total. The Morgan fingerprint density at radius 1 is 1.47 bits per heavy atom. The highest BCUT2D eigenvalue weighted by Gasteiger charge is 2.06. The topological polar surface area (TPSA) is 46.5 Å². The maximum atomic E-state index is 11.4. The van der Waals surface area contributed by atoms with E-state index in [9.17, 15) is 4.79 Å². The van der Waals surface area contributed by atoms with Gasteiger partial charge in [0.2, 0.25) is 0 Å². The summed E-state index contributed by atoms with van der Waals surface area (Å²) in [6, 6.07) is 9.58. The molecule has 0 saturated heterocycles. The van der Waals surface area contributed by atoms with Crippen LogP contribution in [0.1, 0.15) is 12.5 Å². The zero-order valence-corrected chi connectivity index (χ0v) is 9.80. The van der Waals surface area contributed by atoms with Crippen molar-refractivity contribution < 1.29 is 14.6 Å². The molecule has 1 N–H and O–H groups in total. The minimum absolute atomic E-state index is 0.0168. The van der Waals surface area contributed by atoms with Gasteiger partial charge in [-0.25, -0.2) is 4.79 Å². The molecule has 1 unspecified atom stereocenters. The van der Waals surface area contributed by atoms with E-state index < -0.39 is 12.1 Å². The number of rotatable bonds is 5. The molecule has 0 aliphatic heterocycles. The monoisotopic (exact) mass is 232 g/mol. The number of hydrogen-bond donors (Lipinski definition) is 1. The molecule has 0 aromatic heterocycles. The number of benzene rings is 1. The maximum Gasteiger partial charge on any atom is 0.337 e. The SMILES string of the molecule is C=C(C=Cc1ccccc1)C(=O)OCC(C)O. The second kappa shape index (κ2) is 6.66. The number of aliphatic hydroxyl groups excluding tert-OH is 1. The number of aliphatic hydroxyl groups is 1. The largest absolute Gasteiger partial charge is 0.459 e. The van der Waals surface area contributed by atoms with Gasteiger partial charge in [-0.2, -0.15) is 0 Å². The summed E-state index contributed by atoms with van der Waals surface area (Å²) < 4.78 is 4.81. The highest BCUT2D eigenvalue weighted by atomic mass is 16.5. The highest BCUT2D eigenvalue weighted by molar-refractivity contribution is 5.92. The molecule has 0 bridgehead atoms. The van der Waals surface area contributed by atoms with E-state index in [1.165, 1.54) is 0 Å². The smallest absolute Gasteiger partial charge is 0.337 e. The fourth-order valence-electron chi connectivity index (χ4n) is 1.12. The third-order valence-corrected chi connectivity index (χ3v) is 1.99. The van der Waals surface area contributed by atoms with E-state index in [1.807, 2.05) is 30.3 Å². The molecule has 1 atom stereocenters. The van der Waals surface area contributed by atoms with Crippen molar-refractivity contribution >= 4 is 12.0 Å². The van der Waals surface area contributed by atoms with Crippen LogP contribution in [0.2, 0.25) is 0 Å². The fourth-order valence-corrected chi connectivity index (χ4v) is 1.12. The second-order valence-electron chi connectivity index (χ2n) is 3.72. The molecule has 3 heteroatoms. The van der Waals surface area contributed by atoms with Crippen LogP contribution in [-0.4, -0.2) is 23.8 Å². The van der Waals surface area contributed by atoms with Crippen LogP contribution < -0.4 is 0 Å². The van der Waals surface area contributed by atoms with Crippen LogP contribution in [0.15, 0.2) is 48.6 Å². The second-order valence-corrected chi connectivity index (χ2v) is 3.72. The van der Waals surface area contributed by atoms with Gasteiger partial charge >= 0.3 is 5.97 Å². The first kappa shape index (κ1) is 13.2. The Kier molecular flexibility index (Phi) is 5.17. The van der Waals surface area contributed by atoms with Crippen molar-refractivity contribution in [1.82, 2.24) is 0 Å². The molecule has 0 amide bonds. The number of hydrogen-bond acceptors (Lipinski definition) is 3. The summed E-state index contributed by atoms with van der Waals surface area (Å²) in [5.74, 6) is -0.516. The summed E-state index contributed by atoms with van der Waals surface area (Å²) in [7, 11) is 0. The van der Waals surface area contributed by atoms with Gasteiger partial charge in [-0.05, 0) is 18.6 Å². The Bertz CT molecular complexity index is 405. The van der Waals surface area contributed by atoms with Crippen molar-refractivity contribution in [2.24, 2.45) is 0 Å². The minimum atomic E-state index is -0.662. The van der Waals surface area contributed by atoms with Gasteiger partial charge in [-0.1, -0.05) is 43.0 Å². The molecule has 90 valence electrons. The lowest BCUT2D eigenvalue weighted by atomic mass is 10.2. The Hall–Kier alpha value is -1.87. The molecule has 0 saturated carbocycles. The average Bonchev–Trinajstić information content (AvgIpc) is 2.34. The van der Waals surface area contributed by atoms with E-state index >= 15 is 0 Å². The lowest BCUT2D eigenvalue weighted by Crippen LogP contribution is -2.15. The molecule has 0 radical (unpaired) electrons.